The normalized spacial score (nSPS) is 17.4. The smallest absolute Gasteiger partial charge is 0.108 e. The van der Waals surface area contributed by atoms with Crippen molar-refractivity contribution >= 4 is 21.6 Å². The van der Waals surface area contributed by atoms with Gasteiger partial charge in [-0.15, -0.1) is 11.3 Å². The maximum atomic E-state index is 4.77. The van der Waals surface area contributed by atoms with E-state index in [2.05, 4.69) is 36.2 Å². The Morgan fingerprint density at radius 1 is 1.22 bits per heavy atom. The number of piperazine rings is 1. The van der Waals surface area contributed by atoms with Gasteiger partial charge in [0, 0.05) is 26.2 Å². The predicted molar refractivity (Wildman–Crippen MR) is 77.2 cm³/mol. The summed E-state index contributed by atoms with van der Waals surface area (Å²) in [6.07, 6.45) is 0. The molecular weight excluding hydrogens is 242 g/mol. The molecule has 1 fully saturated rings. The van der Waals surface area contributed by atoms with E-state index in [0.29, 0.717) is 0 Å². The van der Waals surface area contributed by atoms with Crippen LogP contribution < -0.4 is 5.32 Å². The van der Waals surface area contributed by atoms with E-state index in [9.17, 15) is 0 Å². The molecule has 0 saturated carbocycles. The molecule has 1 aromatic carbocycles. The van der Waals surface area contributed by atoms with Crippen molar-refractivity contribution in [2.45, 2.75) is 20.4 Å². The number of fused-ring (bicyclic) bond motifs is 1. The average Bonchev–Trinajstić information content (AvgIpc) is 2.72. The van der Waals surface area contributed by atoms with Gasteiger partial charge in [-0.2, -0.15) is 0 Å². The number of thiazole rings is 1. The molecule has 1 aliphatic rings. The van der Waals surface area contributed by atoms with Crippen molar-refractivity contribution in [2.24, 2.45) is 0 Å². The second-order valence-electron chi connectivity index (χ2n) is 5.04. The van der Waals surface area contributed by atoms with Gasteiger partial charge in [-0.1, -0.05) is 0 Å². The quantitative estimate of drug-likeness (QED) is 0.899. The molecule has 18 heavy (non-hydrogen) atoms. The highest BCUT2D eigenvalue weighted by Gasteiger charge is 2.13. The zero-order valence-electron chi connectivity index (χ0n) is 11.0. The summed E-state index contributed by atoms with van der Waals surface area (Å²) >= 11 is 1.84. The Morgan fingerprint density at radius 2 is 1.94 bits per heavy atom. The third-order valence-corrected chi connectivity index (χ3v) is 4.62. The standard InChI is InChI=1S/C14H19N3S/c1-10-7-12-13(8-11(10)2)18-14(16-12)9-17-5-3-15-4-6-17/h7-8,15H,3-6,9H2,1-2H3. The van der Waals surface area contributed by atoms with Crippen LogP contribution >= 0.6 is 11.3 Å². The molecule has 0 radical (unpaired) electrons. The van der Waals surface area contributed by atoms with Crippen molar-refractivity contribution in [3.8, 4) is 0 Å². The monoisotopic (exact) mass is 261 g/mol. The van der Waals surface area contributed by atoms with Gasteiger partial charge in [-0.05, 0) is 37.1 Å². The second-order valence-corrected chi connectivity index (χ2v) is 6.15. The van der Waals surface area contributed by atoms with Crippen LogP contribution in [0.5, 0.6) is 0 Å². The first kappa shape index (κ1) is 12.1. The molecule has 0 atom stereocenters. The first-order chi connectivity index (χ1) is 8.72. The molecule has 3 rings (SSSR count). The molecule has 0 spiro atoms. The topological polar surface area (TPSA) is 28.2 Å². The van der Waals surface area contributed by atoms with Crippen molar-refractivity contribution in [2.75, 3.05) is 26.2 Å². The maximum Gasteiger partial charge on any atom is 0.108 e. The molecule has 0 bridgehead atoms. The third-order valence-electron chi connectivity index (χ3n) is 3.62. The number of nitrogens with zero attached hydrogens (tertiary/aromatic N) is 2. The fourth-order valence-corrected chi connectivity index (χ4v) is 3.45. The van der Waals surface area contributed by atoms with Crippen LogP contribution in [0.3, 0.4) is 0 Å². The van der Waals surface area contributed by atoms with Gasteiger partial charge in [0.05, 0.1) is 16.8 Å². The molecule has 2 heterocycles. The van der Waals surface area contributed by atoms with Crippen LogP contribution in [0.4, 0.5) is 0 Å². The largest absolute Gasteiger partial charge is 0.314 e. The number of hydrogen-bond acceptors (Lipinski definition) is 4. The molecular formula is C14H19N3S. The first-order valence-corrected chi connectivity index (χ1v) is 7.34. The minimum absolute atomic E-state index is 0.999. The lowest BCUT2D eigenvalue weighted by molar-refractivity contribution is 0.233. The maximum absolute atomic E-state index is 4.77. The zero-order chi connectivity index (χ0) is 12.5. The molecule has 1 saturated heterocycles. The van der Waals surface area contributed by atoms with E-state index in [1.54, 1.807) is 0 Å². The van der Waals surface area contributed by atoms with Gasteiger partial charge in [0.15, 0.2) is 0 Å². The van der Waals surface area contributed by atoms with E-state index < -0.39 is 0 Å². The number of rotatable bonds is 2. The summed E-state index contributed by atoms with van der Waals surface area (Å²) in [5, 5.41) is 4.63. The fourth-order valence-electron chi connectivity index (χ4n) is 2.36. The SMILES string of the molecule is Cc1cc2nc(CN3CCNCC3)sc2cc1C. The number of benzene rings is 1. The second kappa shape index (κ2) is 4.96. The van der Waals surface area contributed by atoms with Crippen LogP contribution in [-0.4, -0.2) is 36.1 Å². The molecule has 0 aliphatic carbocycles. The van der Waals surface area contributed by atoms with E-state index in [0.717, 1.165) is 38.2 Å². The molecule has 3 nitrogen and oxygen atoms in total. The highest BCUT2D eigenvalue weighted by atomic mass is 32.1. The Labute approximate surface area is 112 Å². The lowest BCUT2D eigenvalue weighted by Crippen LogP contribution is -2.42. The van der Waals surface area contributed by atoms with Gasteiger partial charge >= 0.3 is 0 Å². The number of nitrogens with one attached hydrogen (secondary N) is 1. The highest BCUT2D eigenvalue weighted by molar-refractivity contribution is 7.18. The van der Waals surface area contributed by atoms with Gasteiger partial charge in [-0.3, -0.25) is 4.90 Å². The highest BCUT2D eigenvalue weighted by Crippen LogP contribution is 2.26. The van der Waals surface area contributed by atoms with Crippen LogP contribution in [0.2, 0.25) is 0 Å². The fraction of sp³-hybridized carbons (Fsp3) is 0.500. The summed E-state index contributed by atoms with van der Waals surface area (Å²) in [4.78, 5) is 7.25. The first-order valence-electron chi connectivity index (χ1n) is 6.52. The third kappa shape index (κ3) is 2.41. The predicted octanol–water partition coefficient (Wildman–Crippen LogP) is 2.32. The van der Waals surface area contributed by atoms with Gasteiger partial charge in [0.25, 0.3) is 0 Å². The summed E-state index contributed by atoms with van der Waals surface area (Å²) in [5.74, 6) is 0. The van der Waals surface area contributed by atoms with Crippen LogP contribution in [0.25, 0.3) is 10.2 Å². The average molecular weight is 261 g/mol. The Kier molecular flexibility index (Phi) is 3.33. The molecule has 1 aromatic heterocycles. The van der Waals surface area contributed by atoms with Crippen molar-refractivity contribution in [1.29, 1.82) is 0 Å². The van der Waals surface area contributed by atoms with Gasteiger partial charge < -0.3 is 5.32 Å². The molecule has 4 heteroatoms. The van der Waals surface area contributed by atoms with Crippen LogP contribution in [0.15, 0.2) is 12.1 Å². The minimum atomic E-state index is 0.999. The molecule has 1 aliphatic heterocycles. The minimum Gasteiger partial charge on any atom is -0.314 e. The number of aryl methyl sites for hydroxylation is 2. The van der Waals surface area contributed by atoms with E-state index in [1.807, 2.05) is 11.3 Å². The van der Waals surface area contributed by atoms with E-state index in [-0.39, 0.29) is 0 Å². The Balaban J connectivity index is 1.84. The van der Waals surface area contributed by atoms with E-state index >= 15 is 0 Å². The Bertz CT molecular complexity index is 516. The van der Waals surface area contributed by atoms with Gasteiger partial charge in [0.1, 0.15) is 5.01 Å². The summed E-state index contributed by atoms with van der Waals surface area (Å²) in [6.45, 7) is 9.79. The van der Waals surface area contributed by atoms with Crippen molar-refractivity contribution in [3.63, 3.8) is 0 Å². The Morgan fingerprint density at radius 3 is 2.72 bits per heavy atom. The summed E-state index contributed by atoms with van der Waals surface area (Å²) in [6, 6.07) is 4.48. The molecule has 96 valence electrons. The van der Waals surface area contributed by atoms with Gasteiger partial charge in [0.2, 0.25) is 0 Å². The van der Waals surface area contributed by atoms with E-state index in [1.165, 1.54) is 20.8 Å². The molecule has 2 aromatic rings. The van der Waals surface area contributed by atoms with Crippen molar-refractivity contribution in [3.05, 3.63) is 28.3 Å². The van der Waals surface area contributed by atoms with Crippen LogP contribution in [0, 0.1) is 13.8 Å². The van der Waals surface area contributed by atoms with Crippen LogP contribution in [-0.2, 0) is 6.54 Å². The summed E-state index contributed by atoms with van der Waals surface area (Å²) < 4.78 is 1.32. The number of aromatic nitrogens is 1. The lowest BCUT2D eigenvalue weighted by Gasteiger charge is -2.25. The molecule has 1 N–H and O–H groups in total. The van der Waals surface area contributed by atoms with Crippen molar-refractivity contribution < 1.29 is 0 Å². The van der Waals surface area contributed by atoms with Crippen molar-refractivity contribution in [1.82, 2.24) is 15.2 Å². The Hall–Kier alpha value is -0.970. The van der Waals surface area contributed by atoms with Crippen LogP contribution in [0.1, 0.15) is 16.1 Å². The zero-order valence-corrected chi connectivity index (χ0v) is 11.8. The molecule has 0 amide bonds. The summed E-state index contributed by atoms with van der Waals surface area (Å²) in [7, 11) is 0. The van der Waals surface area contributed by atoms with E-state index in [4.69, 9.17) is 4.98 Å². The summed E-state index contributed by atoms with van der Waals surface area (Å²) in [5.41, 5.74) is 3.86. The van der Waals surface area contributed by atoms with Gasteiger partial charge in [-0.25, -0.2) is 4.98 Å². The molecule has 0 unspecified atom stereocenters. The number of hydrogen-bond donors (Lipinski definition) is 1. The lowest BCUT2D eigenvalue weighted by atomic mass is 10.1.